The first-order valence-corrected chi connectivity index (χ1v) is 9.54. The second kappa shape index (κ2) is 7.66. The number of carbonyl (C=O) groups is 1. The maximum Gasteiger partial charge on any atom is 0.347 e. The van der Waals surface area contributed by atoms with Crippen LogP contribution in [0.1, 0.15) is 16.7 Å². The van der Waals surface area contributed by atoms with Gasteiger partial charge in [0, 0.05) is 16.9 Å². The van der Waals surface area contributed by atoms with E-state index in [1.807, 2.05) is 54.3 Å². The monoisotopic (exact) mass is 409 g/mol. The molecule has 0 saturated heterocycles. The van der Waals surface area contributed by atoms with Gasteiger partial charge in [-0.15, -0.1) is 0 Å². The minimum atomic E-state index is -0.470. The van der Waals surface area contributed by atoms with Gasteiger partial charge < -0.3 is 10.2 Å². The van der Waals surface area contributed by atoms with Crippen LogP contribution < -0.4 is 10.2 Å². The van der Waals surface area contributed by atoms with Crippen LogP contribution in [0, 0.1) is 6.92 Å². The summed E-state index contributed by atoms with van der Waals surface area (Å²) in [5, 5.41) is 3.56. The number of amides is 2. The van der Waals surface area contributed by atoms with Crippen LogP contribution >= 0.6 is 23.2 Å². The summed E-state index contributed by atoms with van der Waals surface area (Å²) in [6.07, 6.45) is 0. The topological polar surface area (TPSA) is 44.7 Å². The summed E-state index contributed by atoms with van der Waals surface area (Å²) in [7, 11) is 0. The van der Waals surface area contributed by atoms with Crippen molar-refractivity contribution in [3.8, 4) is 0 Å². The van der Waals surface area contributed by atoms with Gasteiger partial charge in [0.2, 0.25) is 0 Å². The van der Waals surface area contributed by atoms with Gasteiger partial charge in [0.1, 0.15) is 5.84 Å². The van der Waals surface area contributed by atoms with Crippen molar-refractivity contribution >= 4 is 46.4 Å². The predicted molar refractivity (Wildman–Crippen MR) is 116 cm³/mol. The SMILES string of the molecule is Cc1ccc(N2Cc3ccccc3C2=NC(=O)Nc2ccc(Cl)c(Cl)c2)cc1. The Morgan fingerprint density at radius 2 is 1.75 bits per heavy atom. The Labute approximate surface area is 173 Å². The molecule has 1 heterocycles. The number of hydrogen-bond acceptors (Lipinski definition) is 1. The minimum absolute atomic E-state index is 0.375. The second-order valence-electron chi connectivity index (χ2n) is 6.57. The molecule has 0 fully saturated rings. The number of rotatable bonds is 2. The van der Waals surface area contributed by atoms with E-state index >= 15 is 0 Å². The van der Waals surface area contributed by atoms with E-state index in [0.29, 0.717) is 28.1 Å². The summed E-state index contributed by atoms with van der Waals surface area (Å²) in [6.45, 7) is 2.71. The number of nitrogens with one attached hydrogen (secondary N) is 1. The fourth-order valence-corrected chi connectivity index (χ4v) is 3.45. The van der Waals surface area contributed by atoms with Crippen LogP contribution in [-0.4, -0.2) is 11.9 Å². The van der Waals surface area contributed by atoms with Gasteiger partial charge in [0.25, 0.3) is 0 Å². The van der Waals surface area contributed by atoms with Gasteiger partial charge in [-0.05, 0) is 42.8 Å². The lowest BCUT2D eigenvalue weighted by atomic mass is 10.1. The fourth-order valence-electron chi connectivity index (χ4n) is 3.15. The Bertz CT molecular complexity index is 1080. The highest BCUT2D eigenvalue weighted by molar-refractivity contribution is 6.42. The number of aliphatic imine (C=N–C) groups is 1. The lowest BCUT2D eigenvalue weighted by molar-refractivity contribution is 0.259. The largest absolute Gasteiger partial charge is 0.347 e. The molecular weight excluding hydrogens is 393 g/mol. The van der Waals surface area contributed by atoms with Crippen molar-refractivity contribution in [2.45, 2.75) is 13.5 Å². The molecule has 0 aliphatic carbocycles. The van der Waals surface area contributed by atoms with E-state index < -0.39 is 6.03 Å². The summed E-state index contributed by atoms with van der Waals surface area (Å²) in [4.78, 5) is 19.0. The lowest BCUT2D eigenvalue weighted by Gasteiger charge is -2.19. The maximum atomic E-state index is 12.6. The highest BCUT2D eigenvalue weighted by Gasteiger charge is 2.27. The van der Waals surface area contributed by atoms with Crippen molar-refractivity contribution < 1.29 is 4.79 Å². The van der Waals surface area contributed by atoms with Crippen LogP contribution in [0.5, 0.6) is 0 Å². The van der Waals surface area contributed by atoms with Crippen molar-refractivity contribution in [2.24, 2.45) is 4.99 Å². The lowest BCUT2D eigenvalue weighted by Crippen LogP contribution is -2.26. The first kappa shape index (κ1) is 18.5. The molecule has 28 heavy (non-hydrogen) atoms. The normalized spacial score (nSPS) is 14.2. The Morgan fingerprint density at radius 3 is 2.50 bits per heavy atom. The van der Waals surface area contributed by atoms with E-state index in [1.54, 1.807) is 18.2 Å². The maximum absolute atomic E-state index is 12.6. The summed E-state index contributed by atoms with van der Waals surface area (Å²) in [5.41, 5.74) is 4.78. The smallest absolute Gasteiger partial charge is 0.321 e. The zero-order chi connectivity index (χ0) is 19.7. The van der Waals surface area contributed by atoms with E-state index in [1.165, 1.54) is 5.56 Å². The van der Waals surface area contributed by atoms with Crippen molar-refractivity contribution in [1.82, 2.24) is 0 Å². The van der Waals surface area contributed by atoms with Crippen molar-refractivity contribution in [2.75, 3.05) is 10.2 Å². The van der Waals surface area contributed by atoms with E-state index in [2.05, 4.69) is 16.4 Å². The third-order valence-electron chi connectivity index (χ3n) is 4.57. The number of hydrogen-bond donors (Lipinski definition) is 1. The highest BCUT2D eigenvalue weighted by atomic mass is 35.5. The second-order valence-corrected chi connectivity index (χ2v) is 7.39. The predicted octanol–water partition coefficient (Wildman–Crippen LogP) is 6.30. The number of carbonyl (C=O) groups excluding carboxylic acids is 1. The molecule has 0 spiro atoms. The molecule has 1 aliphatic rings. The Kier molecular flexibility index (Phi) is 5.07. The van der Waals surface area contributed by atoms with Gasteiger partial charge in [-0.2, -0.15) is 4.99 Å². The quantitative estimate of drug-likeness (QED) is 0.539. The van der Waals surface area contributed by atoms with Gasteiger partial charge in [0.15, 0.2) is 0 Å². The number of benzene rings is 3. The first-order valence-electron chi connectivity index (χ1n) is 8.78. The van der Waals surface area contributed by atoms with Crippen molar-refractivity contribution in [3.63, 3.8) is 0 Å². The van der Waals surface area contributed by atoms with Crippen molar-refractivity contribution in [1.29, 1.82) is 0 Å². The molecule has 0 radical (unpaired) electrons. The number of fused-ring (bicyclic) bond motifs is 1. The third-order valence-corrected chi connectivity index (χ3v) is 5.31. The molecule has 1 aliphatic heterocycles. The highest BCUT2D eigenvalue weighted by Crippen LogP contribution is 2.29. The zero-order valence-corrected chi connectivity index (χ0v) is 16.6. The molecule has 3 aromatic carbocycles. The standard InChI is InChI=1S/C22H17Cl2N3O/c1-14-6-9-17(10-7-14)27-13-15-4-2-3-5-18(15)21(27)26-22(28)25-16-8-11-19(23)20(24)12-16/h2-12H,13H2,1H3,(H,25,28). The van der Waals surface area contributed by atoms with Gasteiger partial charge >= 0.3 is 6.03 Å². The molecule has 0 bridgehead atoms. The molecule has 0 aromatic heterocycles. The Balaban J connectivity index is 1.67. The van der Waals surface area contributed by atoms with E-state index in [-0.39, 0.29) is 0 Å². The minimum Gasteiger partial charge on any atom is -0.321 e. The average molecular weight is 410 g/mol. The van der Waals surface area contributed by atoms with Gasteiger partial charge in [-0.1, -0.05) is 65.2 Å². The summed E-state index contributed by atoms with van der Waals surface area (Å²) < 4.78 is 0. The first-order chi connectivity index (χ1) is 13.5. The summed E-state index contributed by atoms with van der Waals surface area (Å²) in [5.74, 6) is 0.622. The molecule has 6 heteroatoms. The summed E-state index contributed by atoms with van der Waals surface area (Å²) >= 11 is 12.0. The molecular formula is C22H17Cl2N3O. The molecule has 3 aromatic rings. The number of amidine groups is 1. The van der Waals surface area contributed by atoms with Crippen LogP contribution in [0.15, 0.2) is 71.7 Å². The molecule has 1 N–H and O–H groups in total. The van der Waals surface area contributed by atoms with Crippen LogP contribution in [0.4, 0.5) is 16.2 Å². The Morgan fingerprint density at radius 1 is 1.00 bits per heavy atom. The molecule has 0 atom stereocenters. The number of aryl methyl sites for hydroxylation is 1. The molecule has 0 unspecified atom stereocenters. The van der Waals surface area contributed by atoms with E-state index in [9.17, 15) is 4.79 Å². The number of urea groups is 1. The third kappa shape index (κ3) is 3.75. The van der Waals surface area contributed by atoms with Crippen molar-refractivity contribution in [3.05, 3.63) is 93.5 Å². The van der Waals surface area contributed by atoms with Crippen LogP contribution in [-0.2, 0) is 6.54 Å². The molecule has 140 valence electrons. The van der Waals surface area contributed by atoms with Gasteiger partial charge in [0.05, 0.1) is 16.6 Å². The van der Waals surface area contributed by atoms with Crippen LogP contribution in [0.3, 0.4) is 0 Å². The number of nitrogens with zero attached hydrogens (tertiary/aromatic N) is 2. The zero-order valence-electron chi connectivity index (χ0n) is 15.1. The number of anilines is 2. The number of halogens is 2. The fraction of sp³-hybridized carbons (Fsp3) is 0.0909. The van der Waals surface area contributed by atoms with Crippen LogP contribution in [0.2, 0.25) is 10.0 Å². The van der Waals surface area contributed by atoms with Gasteiger partial charge in [-0.25, -0.2) is 4.79 Å². The molecule has 4 nitrogen and oxygen atoms in total. The van der Waals surface area contributed by atoms with Crippen LogP contribution in [0.25, 0.3) is 0 Å². The molecule has 0 saturated carbocycles. The van der Waals surface area contributed by atoms with Gasteiger partial charge in [-0.3, -0.25) is 0 Å². The molecule has 2 amide bonds. The van der Waals surface area contributed by atoms with E-state index in [4.69, 9.17) is 23.2 Å². The van der Waals surface area contributed by atoms with E-state index in [0.717, 1.165) is 16.8 Å². The molecule has 4 rings (SSSR count). The average Bonchev–Trinajstić information content (AvgIpc) is 3.04. The summed E-state index contributed by atoms with van der Waals surface area (Å²) in [6, 6.07) is 20.6. The Hall–Kier alpha value is -2.82.